The van der Waals surface area contributed by atoms with Crippen molar-refractivity contribution in [2.75, 3.05) is 44.2 Å². The fourth-order valence-electron chi connectivity index (χ4n) is 2.20. The molecule has 0 unspecified atom stereocenters. The lowest BCUT2D eigenvalue weighted by molar-refractivity contribution is 0.216. The summed E-state index contributed by atoms with van der Waals surface area (Å²) >= 11 is 0. The van der Waals surface area contributed by atoms with E-state index >= 15 is 0 Å². The minimum absolute atomic E-state index is 0.176. The van der Waals surface area contributed by atoms with Crippen molar-refractivity contribution in [3.05, 3.63) is 30.1 Å². The summed E-state index contributed by atoms with van der Waals surface area (Å²) in [7, 11) is 0. The number of hydrogen-bond donors (Lipinski definition) is 1. The highest BCUT2D eigenvalue weighted by Gasteiger charge is 2.16. The zero-order valence-electron chi connectivity index (χ0n) is 9.98. The van der Waals surface area contributed by atoms with E-state index in [0.29, 0.717) is 0 Å². The van der Waals surface area contributed by atoms with Gasteiger partial charge in [-0.3, -0.25) is 4.90 Å². The van der Waals surface area contributed by atoms with Crippen LogP contribution in [0.5, 0.6) is 0 Å². The molecule has 2 rings (SSSR count). The lowest BCUT2D eigenvalue weighted by Gasteiger charge is -2.36. The minimum Gasteiger partial charge on any atom is -0.396 e. The van der Waals surface area contributed by atoms with E-state index < -0.39 is 0 Å². The maximum absolute atomic E-state index is 13.1. The summed E-state index contributed by atoms with van der Waals surface area (Å²) in [6, 6.07) is 6.76. The van der Waals surface area contributed by atoms with E-state index in [1.807, 2.05) is 6.07 Å². The third-order valence-electron chi connectivity index (χ3n) is 3.18. The second kappa shape index (κ2) is 5.98. The zero-order valence-corrected chi connectivity index (χ0v) is 9.98. The molecule has 1 aliphatic heterocycles. The van der Waals surface area contributed by atoms with Gasteiger partial charge in [0.2, 0.25) is 0 Å². The molecule has 0 spiro atoms. The lowest BCUT2D eigenvalue weighted by Crippen LogP contribution is -2.46. The Kier molecular flexibility index (Phi) is 4.34. The molecule has 1 aromatic rings. The molecule has 0 radical (unpaired) electrons. The first kappa shape index (κ1) is 12.3. The molecule has 1 N–H and O–H groups in total. The summed E-state index contributed by atoms with van der Waals surface area (Å²) in [5.74, 6) is -0.176. The van der Waals surface area contributed by atoms with Crippen LogP contribution in [0.1, 0.15) is 6.42 Å². The standard InChI is InChI=1S/C13H19FN2O/c14-12-3-1-4-13(11-12)16-8-6-15(7-9-16)5-2-10-17/h1,3-4,11,17H,2,5-10H2. The number of nitrogens with zero attached hydrogens (tertiary/aromatic N) is 2. The molecule has 0 bridgehead atoms. The molecule has 0 amide bonds. The minimum atomic E-state index is -0.176. The summed E-state index contributed by atoms with van der Waals surface area (Å²) in [5, 5.41) is 8.78. The molecule has 1 aromatic carbocycles. The van der Waals surface area contributed by atoms with Gasteiger partial charge in [-0.2, -0.15) is 0 Å². The van der Waals surface area contributed by atoms with Crippen LogP contribution in [-0.4, -0.2) is 49.3 Å². The molecule has 17 heavy (non-hydrogen) atoms. The molecule has 1 fully saturated rings. The summed E-state index contributed by atoms with van der Waals surface area (Å²) in [6.45, 7) is 5.02. The molecular formula is C13H19FN2O. The molecular weight excluding hydrogens is 219 g/mol. The van der Waals surface area contributed by atoms with Gasteiger partial charge in [0.25, 0.3) is 0 Å². The van der Waals surface area contributed by atoms with Crippen molar-refractivity contribution in [1.82, 2.24) is 4.90 Å². The van der Waals surface area contributed by atoms with Crippen molar-refractivity contribution in [2.45, 2.75) is 6.42 Å². The zero-order chi connectivity index (χ0) is 12.1. The number of hydrogen-bond acceptors (Lipinski definition) is 3. The van der Waals surface area contributed by atoms with Crippen LogP contribution in [0, 0.1) is 5.82 Å². The molecule has 1 aliphatic rings. The number of benzene rings is 1. The Morgan fingerprint density at radius 1 is 1.18 bits per heavy atom. The van der Waals surface area contributed by atoms with Gasteiger partial charge in [0.15, 0.2) is 0 Å². The van der Waals surface area contributed by atoms with Crippen LogP contribution in [-0.2, 0) is 0 Å². The predicted octanol–water partition coefficient (Wildman–Crippen LogP) is 1.33. The van der Waals surface area contributed by atoms with Gasteiger partial charge < -0.3 is 10.0 Å². The predicted molar refractivity (Wildman–Crippen MR) is 66.8 cm³/mol. The van der Waals surface area contributed by atoms with Crippen LogP contribution in [0.4, 0.5) is 10.1 Å². The molecule has 0 atom stereocenters. The van der Waals surface area contributed by atoms with E-state index in [-0.39, 0.29) is 12.4 Å². The summed E-state index contributed by atoms with van der Waals surface area (Å²) in [4.78, 5) is 4.55. The Hall–Kier alpha value is -1.13. The van der Waals surface area contributed by atoms with Crippen molar-refractivity contribution >= 4 is 5.69 Å². The summed E-state index contributed by atoms with van der Waals surface area (Å²) < 4.78 is 13.1. The topological polar surface area (TPSA) is 26.7 Å². The number of aliphatic hydroxyl groups is 1. The van der Waals surface area contributed by atoms with Crippen molar-refractivity contribution < 1.29 is 9.50 Å². The van der Waals surface area contributed by atoms with E-state index in [1.165, 1.54) is 6.07 Å². The van der Waals surface area contributed by atoms with Crippen LogP contribution in [0.2, 0.25) is 0 Å². The quantitative estimate of drug-likeness (QED) is 0.857. The van der Waals surface area contributed by atoms with Gasteiger partial charge in [0.1, 0.15) is 5.82 Å². The first-order valence-electron chi connectivity index (χ1n) is 6.13. The molecule has 0 aromatic heterocycles. The van der Waals surface area contributed by atoms with Crippen LogP contribution >= 0.6 is 0 Å². The van der Waals surface area contributed by atoms with Crippen molar-refractivity contribution in [3.8, 4) is 0 Å². The normalized spacial score (nSPS) is 17.4. The molecule has 4 heteroatoms. The fourth-order valence-corrected chi connectivity index (χ4v) is 2.20. The first-order chi connectivity index (χ1) is 8.29. The van der Waals surface area contributed by atoms with E-state index in [1.54, 1.807) is 12.1 Å². The number of halogens is 1. The van der Waals surface area contributed by atoms with Crippen LogP contribution in [0.15, 0.2) is 24.3 Å². The average molecular weight is 238 g/mol. The Labute approximate surface area is 101 Å². The molecule has 0 saturated carbocycles. The second-order valence-corrected chi connectivity index (χ2v) is 4.39. The SMILES string of the molecule is OCCCN1CCN(c2cccc(F)c2)CC1. The lowest BCUT2D eigenvalue weighted by atomic mass is 10.2. The van der Waals surface area contributed by atoms with Gasteiger partial charge in [-0.05, 0) is 24.6 Å². The summed E-state index contributed by atoms with van der Waals surface area (Å²) in [6.07, 6.45) is 0.833. The third-order valence-corrected chi connectivity index (χ3v) is 3.18. The molecule has 0 aliphatic carbocycles. The van der Waals surface area contributed by atoms with E-state index in [9.17, 15) is 4.39 Å². The van der Waals surface area contributed by atoms with Gasteiger partial charge in [-0.15, -0.1) is 0 Å². The molecule has 94 valence electrons. The van der Waals surface area contributed by atoms with Gasteiger partial charge in [-0.1, -0.05) is 6.07 Å². The fraction of sp³-hybridized carbons (Fsp3) is 0.538. The Balaban J connectivity index is 1.86. The Bertz CT molecular complexity index is 351. The van der Waals surface area contributed by atoms with Crippen molar-refractivity contribution in [2.24, 2.45) is 0 Å². The Morgan fingerprint density at radius 3 is 2.59 bits per heavy atom. The van der Waals surface area contributed by atoms with E-state index in [0.717, 1.165) is 44.8 Å². The molecule has 3 nitrogen and oxygen atoms in total. The third kappa shape index (κ3) is 3.41. The first-order valence-corrected chi connectivity index (χ1v) is 6.13. The van der Waals surface area contributed by atoms with Gasteiger partial charge in [-0.25, -0.2) is 4.39 Å². The second-order valence-electron chi connectivity index (χ2n) is 4.39. The van der Waals surface area contributed by atoms with Crippen molar-refractivity contribution in [3.63, 3.8) is 0 Å². The number of piperazine rings is 1. The van der Waals surface area contributed by atoms with Gasteiger partial charge >= 0.3 is 0 Å². The smallest absolute Gasteiger partial charge is 0.125 e. The van der Waals surface area contributed by atoms with Gasteiger partial charge in [0.05, 0.1) is 0 Å². The highest BCUT2D eigenvalue weighted by molar-refractivity contribution is 5.46. The van der Waals surface area contributed by atoms with Gasteiger partial charge in [0, 0.05) is 45.0 Å². The summed E-state index contributed by atoms with van der Waals surface area (Å²) in [5.41, 5.74) is 0.965. The maximum Gasteiger partial charge on any atom is 0.125 e. The van der Waals surface area contributed by atoms with Crippen LogP contribution in [0.3, 0.4) is 0 Å². The maximum atomic E-state index is 13.1. The number of aliphatic hydroxyl groups excluding tert-OH is 1. The monoisotopic (exact) mass is 238 g/mol. The number of anilines is 1. The number of rotatable bonds is 4. The highest BCUT2D eigenvalue weighted by atomic mass is 19.1. The molecule has 1 saturated heterocycles. The highest BCUT2D eigenvalue weighted by Crippen LogP contribution is 2.17. The average Bonchev–Trinajstić information content (AvgIpc) is 2.37. The van der Waals surface area contributed by atoms with E-state index in [4.69, 9.17) is 5.11 Å². The van der Waals surface area contributed by atoms with Crippen LogP contribution in [0.25, 0.3) is 0 Å². The Morgan fingerprint density at radius 2 is 1.94 bits per heavy atom. The van der Waals surface area contributed by atoms with Crippen molar-refractivity contribution in [1.29, 1.82) is 0 Å². The van der Waals surface area contributed by atoms with E-state index in [2.05, 4.69) is 9.80 Å². The molecule has 1 heterocycles. The van der Waals surface area contributed by atoms with Crippen LogP contribution < -0.4 is 4.90 Å². The largest absolute Gasteiger partial charge is 0.396 e.